The fourth-order valence-electron chi connectivity index (χ4n) is 3.17. The second-order valence-corrected chi connectivity index (χ2v) is 7.68. The number of hydrogen-bond acceptors (Lipinski definition) is 3. The second-order valence-electron chi connectivity index (χ2n) is 5.80. The smallest absolute Gasteiger partial charge is 0.243 e. The number of hydrogen-bond donors (Lipinski definition) is 1. The summed E-state index contributed by atoms with van der Waals surface area (Å²) in [7, 11) is -1.45. The van der Waals surface area contributed by atoms with E-state index in [1.165, 1.54) is 0 Å². The fourth-order valence-corrected chi connectivity index (χ4v) is 5.12. The van der Waals surface area contributed by atoms with E-state index in [1.54, 1.807) is 4.31 Å². The molecular formula is C15H25ClN2O2S. The van der Waals surface area contributed by atoms with Crippen molar-refractivity contribution in [2.75, 3.05) is 26.7 Å². The largest absolute Gasteiger partial charge is 0.319 e. The summed E-state index contributed by atoms with van der Waals surface area (Å²) in [5, 5.41) is 3.13. The Morgan fingerprint density at radius 3 is 2.33 bits per heavy atom. The lowest BCUT2D eigenvalue weighted by atomic mass is 10.1. The lowest BCUT2D eigenvalue weighted by Crippen LogP contribution is -2.31. The predicted molar refractivity (Wildman–Crippen MR) is 88.7 cm³/mol. The summed E-state index contributed by atoms with van der Waals surface area (Å²) < 4.78 is 27.3. The van der Waals surface area contributed by atoms with Gasteiger partial charge in [-0.2, -0.15) is 4.31 Å². The molecular weight excluding hydrogens is 308 g/mol. The standard InChI is InChI=1S/C15H24N2O2S.ClH/c1-11-7-12(2)15(13(3)8-11)20(18,19)17-6-5-14(10-17)9-16-4;/h7-8,14,16H,5-6,9-10H2,1-4H3;1H. The molecule has 1 fully saturated rings. The van der Waals surface area contributed by atoms with Gasteiger partial charge in [0.1, 0.15) is 0 Å². The SMILES string of the molecule is CNCC1CCN(S(=O)(=O)c2c(C)cc(C)cc2C)C1.Cl. The average molecular weight is 333 g/mol. The molecule has 1 unspecified atom stereocenters. The quantitative estimate of drug-likeness (QED) is 0.920. The number of sulfonamides is 1. The summed E-state index contributed by atoms with van der Waals surface area (Å²) >= 11 is 0. The van der Waals surface area contributed by atoms with Crippen LogP contribution in [0.1, 0.15) is 23.1 Å². The molecule has 1 atom stereocenters. The van der Waals surface area contributed by atoms with Gasteiger partial charge in [0.05, 0.1) is 4.90 Å². The molecule has 0 spiro atoms. The zero-order valence-corrected chi connectivity index (χ0v) is 14.8. The summed E-state index contributed by atoms with van der Waals surface area (Å²) in [5.74, 6) is 0.417. The van der Waals surface area contributed by atoms with Crippen molar-refractivity contribution in [3.05, 3.63) is 28.8 Å². The molecule has 1 aromatic rings. The highest BCUT2D eigenvalue weighted by molar-refractivity contribution is 7.89. The molecule has 0 radical (unpaired) electrons. The average Bonchev–Trinajstić information content (AvgIpc) is 2.76. The summed E-state index contributed by atoms with van der Waals surface area (Å²) in [4.78, 5) is 0.494. The van der Waals surface area contributed by atoms with E-state index in [-0.39, 0.29) is 12.4 Å². The maximum Gasteiger partial charge on any atom is 0.243 e. The lowest BCUT2D eigenvalue weighted by molar-refractivity contribution is 0.450. The van der Waals surface area contributed by atoms with E-state index in [1.807, 2.05) is 40.0 Å². The van der Waals surface area contributed by atoms with Gasteiger partial charge in [-0.15, -0.1) is 12.4 Å². The van der Waals surface area contributed by atoms with Gasteiger partial charge in [0, 0.05) is 13.1 Å². The molecule has 0 aromatic heterocycles. The topological polar surface area (TPSA) is 49.4 Å². The first-order valence-corrected chi connectivity index (χ1v) is 8.53. The molecule has 1 aliphatic rings. The molecule has 1 heterocycles. The van der Waals surface area contributed by atoms with Crippen LogP contribution in [0.2, 0.25) is 0 Å². The number of halogens is 1. The Balaban J connectivity index is 0.00000220. The molecule has 0 amide bonds. The summed E-state index contributed by atoms with van der Waals surface area (Å²) in [5.41, 5.74) is 2.80. The second kappa shape index (κ2) is 7.09. The van der Waals surface area contributed by atoms with Gasteiger partial charge in [0.2, 0.25) is 10.0 Å². The number of nitrogens with one attached hydrogen (secondary N) is 1. The van der Waals surface area contributed by atoms with Crippen molar-refractivity contribution in [3.63, 3.8) is 0 Å². The van der Waals surface area contributed by atoms with Gasteiger partial charge in [-0.3, -0.25) is 0 Å². The van der Waals surface area contributed by atoms with Crippen LogP contribution in [0.4, 0.5) is 0 Å². The molecule has 6 heteroatoms. The van der Waals surface area contributed by atoms with E-state index < -0.39 is 10.0 Å². The van der Waals surface area contributed by atoms with Gasteiger partial charge in [0.25, 0.3) is 0 Å². The Kier molecular flexibility index (Phi) is 6.23. The minimum Gasteiger partial charge on any atom is -0.319 e. The van der Waals surface area contributed by atoms with E-state index in [2.05, 4.69) is 5.32 Å². The normalized spacial score (nSPS) is 19.5. The monoisotopic (exact) mass is 332 g/mol. The zero-order chi connectivity index (χ0) is 14.9. The predicted octanol–water partition coefficient (Wildman–Crippen LogP) is 2.26. The van der Waals surface area contributed by atoms with Crippen molar-refractivity contribution in [2.45, 2.75) is 32.1 Å². The lowest BCUT2D eigenvalue weighted by Gasteiger charge is -2.20. The summed E-state index contributed by atoms with van der Waals surface area (Å²) in [6.07, 6.45) is 0.935. The van der Waals surface area contributed by atoms with Crippen molar-refractivity contribution in [1.29, 1.82) is 0 Å². The van der Waals surface area contributed by atoms with Crippen molar-refractivity contribution in [3.8, 4) is 0 Å². The summed E-state index contributed by atoms with van der Waals surface area (Å²) in [6, 6.07) is 3.89. The van der Waals surface area contributed by atoms with Crippen LogP contribution in [0.25, 0.3) is 0 Å². The van der Waals surface area contributed by atoms with Gasteiger partial charge in [-0.25, -0.2) is 8.42 Å². The molecule has 2 rings (SSSR count). The Hall–Kier alpha value is -0.620. The van der Waals surface area contributed by atoms with E-state index in [0.717, 1.165) is 29.7 Å². The number of benzene rings is 1. The third kappa shape index (κ3) is 3.77. The highest BCUT2D eigenvalue weighted by Gasteiger charge is 2.33. The number of nitrogens with zero attached hydrogens (tertiary/aromatic N) is 1. The highest BCUT2D eigenvalue weighted by atomic mass is 35.5. The summed E-state index contributed by atoms with van der Waals surface area (Å²) in [6.45, 7) is 7.88. The molecule has 120 valence electrons. The van der Waals surface area contributed by atoms with Gasteiger partial charge < -0.3 is 5.32 Å². The van der Waals surface area contributed by atoms with E-state index in [4.69, 9.17) is 0 Å². The van der Waals surface area contributed by atoms with Crippen molar-refractivity contribution >= 4 is 22.4 Å². The van der Waals surface area contributed by atoms with Gasteiger partial charge in [0.15, 0.2) is 0 Å². The molecule has 1 N–H and O–H groups in total. The fraction of sp³-hybridized carbons (Fsp3) is 0.600. The molecule has 1 aromatic carbocycles. The first-order valence-electron chi connectivity index (χ1n) is 7.09. The van der Waals surface area contributed by atoms with Crippen LogP contribution in [0.15, 0.2) is 17.0 Å². The minimum absolute atomic E-state index is 0. The Morgan fingerprint density at radius 2 is 1.81 bits per heavy atom. The molecule has 21 heavy (non-hydrogen) atoms. The molecule has 4 nitrogen and oxygen atoms in total. The van der Waals surface area contributed by atoms with Crippen LogP contribution in [-0.2, 0) is 10.0 Å². The van der Waals surface area contributed by atoms with Crippen LogP contribution < -0.4 is 5.32 Å². The highest BCUT2D eigenvalue weighted by Crippen LogP contribution is 2.29. The first-order chi connectivity index (χ1) is 9.36. The minimum atomic E-state index is -3.36. The maximum absolute atomic E-state index is 12.8. The molecule has 0 saturated carbocycles. The first kappa shape index (κ1) is 18.4. The van der Waals surface area contributed by atoms with Gasteiger partial charge in [-0.05, 0) is 57.8 Å². The zero-order valence-electron chi connectivity index (χ0n) is 13.1. The molecule has 0 aliphatic carbocycles. The van der Waals surface area contributed by atoms with Crippen LogP contribution in [0.3, 0.4) is 0 Å². The number of aryl methyl sites for hydroxylation is 3. The molecule has 0 bridgehead atoms. The maximum atomic E-state index is 12.8. The van der Waals surface area contributed by atoms with Crippen molar-refractivity contribution in [2.24, 2.45) is 5.92 Å². The third-order valence-electron chi connectivity index (χ3n) is 3.94. The Morgan fingerprint density at radius 1 is 1.24 bits per heavy atom. The van der Waals surface area contributed by atoms with Gasteiger partial charge >= 0.3 is 0 Å². The van der Waals surface area contributed by atoms with Crippen LogP contribution >= 0.6 is 12.4 Å². The van der Waals surface area contributed by atoms with E-state index in [0.29, 0.717) is 23.9 Å². The van der Waals surface area contributed by atoms with E-state index in [9.17, 15) is 8.42 Å². The Labute approximate surface area is 134 Å². The van der Waals surface area contributed by atoms with Crippen molar-refractivity contribution < 1.29 is 8.42 Å². The molecule has 1 saturated heterocycles. The third-order valence-corrected chi connectivity index (χ3v) is 6.12. The number of rotatable bonds is 4. The van der Waals surface area contributed by atoms with Crippen molar-refractivity contribution in [1.82, 2.24) is 9.62 Å². The van der Waals surface area contributed by atoms with Crippen LogP contribution in [0, 0.1) is 26.7 Å². The van der Waals surface area contributed by atoms with Gasteiger partial charge in [-0.1, -0.05) is 17.7 Å². The van der Waals surface area contributed by atoms with Crippen LogP contribution in [-0.4, -0.2) is 39.4 Å². The van der Waals surface area contributed by atoms with Crippen LogP contribution in [0.5, 0.6) is 0 Å². The van der Waals surface area contributed by atoms with E-state index >= 15 is 0 Å². The molecule has 1 aliphatic heterocycles. The Bertz CT molecular complexity index is 579.